The number of H-pyrrole nitrogens is 1. The second kappa shape index (κ2) is 16.2. The van der Waals surface area contributed by atoms with Gasteiger partial charge < -0.3 is 42.6 Å². The fourth-order valence-corrected chi connectivity index (χ4v) is 3.58. The first-order valence-corrected chi connectivity index (χ1v) is 12.7. The molecule has 0 bridgehead atoms. The third-order valence-electron chi connectivity index (χ3n) is 5.16. The summed E-state index contributed by atoms with van der Waals surface area (Å²) in [6.07, 6.45) is 3.68. The van der Waals surface area contributed by atoms with Crippen molar-refractivity contribution in [3.8, 4) is 0 Å². The Labute approximate surface area is 216 Å². The molecule has 4 unspecified atom stereocenters. The van der Waals surface area contributed by atoms with Gasteiger partial charge in [-0.05, 0) is 31.3 Å². The monoisotopic (exact) mass is 543 g/mol. The number of carbonyl (C=O) groups excluding carboxylic acids is 4. The molecule has 0 aliphatic carbocycles. The molecule has 0 saturated carbocycles. The molecule has 1 aromatic heterocycles. The number of hydrogen-bond donors (Lipinski definition) is 8. The third kappa shape index (κ3) is 12.2. The number of nitrogens with two attached hydrogens (primary N) is 2. The van der Waals surface area contributed by atoms with Gasteiger partial charge in [0.1, 0.15) is 18.1 Å². The van der Waals surface area contributed by atoms with Crippen LogP contribution in [0.4, 0.5) is 0 Å². The summed E-state index contributed by atoms with van der Waals surface area (Å²) in [6.45, 7) is 0. The molecule has 0 fully saturated rings. The minimum atomic E-state index is -1.43. The van der Waals surface area contributed by atoms with Gasteiger partial charge in [0.05, 0.1) is 12.4 Å². The van der Waals surface area contributed by atoms with E-state index in [2.05, 4.69) is 25.9 Å². The van der Waals surface area contributed by atoms with Crippen LogP contribution in [0.15, 0.2) is 12.5 Å². The zero-order valence-corrected chi connectivity index (χ0v) is 21.1. The van der Waals surface area contributed by atoms with E-state index in [1.165, 1.54) is 24.3 Å². The number of thioether (sulfide) groups is 1. The molecule has 1 rings (SSSR count). The average molecular weight is 544 g/mol. The van der Waals surface area contributed by atoms with Gasteiger partial charge in [0, 0.05) is 31.2 Å². The van der Waals surface area contributed by atoms with Crippen molar-refractivity contribution < 1.29 is 39.0 Å². The second-order valence-corrected chi connectivity index (χ2v) is 9.11. The van der Waals surface area contributed by atoms with Crippen LogP contribution in [0.25, 0.3) is 0 Å². The molecule has 0 radical (unpaired) electrons. The number of carboxylic acids is 2. The lowest BCUT2D eigenvalue weighted by Gasteiger charge is -2.25. The molecule has 37 heavy (non-hydrogen) atoms. The number of rotatable bonds is 18. The van der Waals surface area contributed by atoms with Crippen LogP contribution in [0, 0.1) is 0 Å². The van der Waals surface area contributed by atoms with Crippen LogP contribution in [-0.4, -0.2) is 91.9 Å². The Hall–Kier alpha value is -3.66. The maximum absolute atomic E-state index is 13.1. The van der Waals surface area contributed by atoms with Gasteiger partial charge in [0.2, 0.25) is 23.6 Å². The Morgan fingerprint density at radius 2 is 1.57 bits per heavy atom. The molecule has 0 saturated heterocycles. The lowest BCUT2D eigenvalue weighted by atomic mass is 10.1. The first-order chi connectivity index (χ1) is 17.4. The van der Waals surface area contributed by atoms with E-state index in [9.17, 15) is 33.9 Å². The van der Waals surface area contributed by atoms with Crippen molar-refractivity contribution in [2.24, 2.45) is 11.5 Å². The summed E-state index contributed by atoms with van der Waals surface area (Å²) in [7, 11) is 0. The summed E-state index contributed by atoms with van der Waals surface area (Å²) in [4.78, 5) is 78.5. The van der Waals surface area contributed by atoms with Crippen LogP contribution >= 0.6 is 11.8 Å². The van der Waals surface area contributed by atoms with Gasteiger partial charge in [-0.15, -0.1) is 0 Å². The first kappa shape index (κ1) is 31.4. The molecule has 0 aliphatic heterocycles. The Morgan fingerprint density at radius 3 is 2.11 bits per heavy atom. The van der Waals surface area contributed by atoms with E-state index in [4.69, 9.17) is 16.6 Å². The summed E-state index contributed by atoms with van der Waals surface area (Å²) in [5.74, 6) is -5.07. The van der Waals surface area contributed by atoms with Gasteiger partial charge in [-0.2, -0.15) is 11.8 Å². The molecule has 206 valence electrons. The molecule has 15 nitrogen and oxygen atoms in total. The molecule has 10 N–H and O–H groups in total. The summed E-state index contributed by atoms with van der Waals surface area (Å²) in [6, 6.07) is -4.96. The quantitative estimate of drug-likeness (QED) is 0.0976. The Bertz CT molecular complexity index is 943. The smallest absolute Gasteiger partial charge is 0.326 e. The molecule has 4 amide bonds. The summed E-state index contributed by atoms with van der Waals surface area (Å²) < 4.78 is 0. The number of primary amides is 1. The van der Waals surface area contributed by atoms with Crippen LogP contribution in [0.1, 0.15) is 37.8 Å². The van der Waals surface area contributed by atoms with Crippen molar-refractivity contribution >= 4 is 47.3 Å². The van der Waals surface area contributed by atoms with Gasteiger partial charge >= 0.3 is 11.9 Å². The number of amides is 4. The van der Waals surface area contributed by atoms with E-state index in [0.717, 1.165) is 0 Å². The fourth-order valence-electron chi connectivity index (χ4n) is 3.11. The topological polar surface area (TPSA) is 260 Å². The summed E-state index contributed by atoms with van der Waals surface area (Å²) >= 11 is 1.41. The average Bonchev–Trinajstić information content (AvgIpc) is 3.34. The fraction of sp³-hybridized carbons (Fsp3) is 0.571. The highest BCUT2D eigenvalue weighted by molar-refractivity contribution is 7.98. The molecule has 0 aromatic carbocycles. The number of nitrogens with one attached hydrogen (secondary N) is 4. The van der Waals surface area contributed by atoms with E-state index < -0.39 is 59.7 Å². The predicted molar refractivity (Wildman–Crippen MR) is 132 cm³/mol. The van der Waals surface area contributed by atoms with Crippen molar-refractivity contribution in [1.82, 2.24) is 25.9 Å². The highest BCUT2D eigenvalue weighted by atomic mass is 32.2. The van der Waals surface area contributed by atoms with Crippen molar-refractivity contribution in [2.45, 2.75) is 62.7 Å². The SMILES string of the molecule is CSCCC(NC(=O)C(N)CCC(=O)O)C(=O)NC(Cc1cnc[nH]1)C(=O)NC(CCC(N)=O)C(=O)O. The van der Waals surface area contributed by atoms with Crippen molar-refractivity contribution in [3.63, 3.8) is 0 Å². The Morgan fingerprint density at radius 1 is 0.946 bits per heavy atom. The number of imidazole rings is 1. The van der Waals surface area contributed by atoms with Gasteiger partial charge in [-0.3, -0.25) is 24.0 Å². The van der Waals surface area contributed by atoms with Gasteiger partial charge in [-0.25, -0.2) is 9.78 Å². The maximum Gasteiger partial charge on any atom is 0.326 e. The first-order valence-electron chi connectivity index (χ1n) is 11.3. The van der Waals surface area contributed by atoms with Gasteiger partial charge in [-0.1, -0.05) is 0 Å². The lowest BCUT2D eigenvalue weighted by molar-refractivity contribution is -0.142. The molecule has 0 aliphatic rings. The zero-order chi connectivity index (χ0) is 28.0. The second-order valence-electron chi connectivity index (χ2n) is 8.13. The minimum Gasteiger partial charge on any atom is -0.481 e. The number of aromatic amines is 1. The highest BCUT2D eigenvalue weighted by Gasteiger charge is 2.31. The Kier molecular flexibility index (Phi) is 13.7. The van der Waals surface area contributed by atoms with Gasteiger partial charge in [0.25, 0.3) is 0 Å². The number of carboxylic acid groups (broad SMARTS) is 2. The highest BCUT2D eigenvalue weighted by Crippen LogP contribution is 2.07. The number of hydrogen-bond acceptors (Lipinski definition) is 9. The summed E-state index contributed by atoms with van der Waals surface area (Å²) in [5, 5.41) is 25.5. The van der Waals surface area contributed by atoms with Crippen LogP contribution < -0.4 is 27.4 Å². The molecule has 1 aromatic rings. The molecule has 16 heteroatoms. The minimum absolute atomic E-state index is 0.0823. The molecule has 4 atom stereocenters. The van der Waals surface area contributed by atoms with E-state index in [1.807, 2.05) is 0 Å². The predicted octanol–water partition coefficient (Wildman–Crippen LogP) is -2.30. The standard InChI is InChI=1S/C21H33N7O8S/c1-37-7-6-13(26-18(32)12(22)2-5-17(30)31)19(33)28-15(8-11-9-24-10-25-11)20(34)27-14(21(35)36)3-4-16(23)29/h9-10,12-15H,2-8,22H2,1H3,(H2,23,29)(H,24,25)(H,26,32)(H,27,34)(H,28,33)(H,30,31)(H,35,36). The molecular weight excluding hydrogens is 510 g/mol. The lowest BCUT2D eigenvalue weighted by Crippen LogP contribution is -2.57. The Balaban J connectivity index is 3.02. The van der Waals surface area contributed by atoms with Crippen molar-refractivity contribution in [3.05, 3.63) is 18.2 Å². The molecule has 0 spiro atoms. The number of aliphatic carboxylic acids is 2. The number of carbonyl (C=O) groups is 6. The van der Waals surface area contributed by atoms with Crippen LogP contribution in [0.2, 0.25) is 0 Å². The number of aromatic nitrogens is 2. The van der Waals surface area contributed by atoms with Crippen LogP contribution in [0.5, 0.6) is 0 Å². The summed E-state index contributed by atoms with van der Waals surface area (Å²) in [5.41, 5.74) is 11.3. The maximum atomic E-state index is 13.1. The van der Waals surface area contributed by atoms with E-state index in [1.54, 1.807) is 6.26 Å². The van der Waals surface area contributed by atoms with Gasteiger partial charge in [0.15, 0.2) is 0 Å². The van der Waals surface area contributed by atoms with E-state index >= 15 is 0 Å². The van der Waals surface area contributed by atoms with Crippen molar-refractivity contribution in [2.75, 3.05) is 12.0 Å². The van der Waals surface area contributed by atoms with Crippen LogP contribution in [0.3, 0.4) is 0 Å². The normalized spacial score (nSPS) is 14.0. The van der Waals surface area contributed by atoms with E-state index in [-0.39, 0.29) is 38.5 Å². The van der Waals surface area contributed by atoms with Crippen LogP contribution in [-0.2, 0) is 35.2 Å². The third-order valence-corrected chi connectivity index (χ3v) is 5.80. The van der Waals surface area contributed by atoms with E-state index in [0.29, 0.717) is 11.4 Å². The molecular formula is C21H33N7O8S. The largest absolute Gasteiger partial charge is 0.481 e. The zero-order valence-electron chi connectivity index (χ0n) is 20.3. The number of nitrogens with zero attached hydrogens (tertiary/aromatic N) is 1. The molecule has 1 heterocycles. The van der Waals surface area contributed by atoms with Crippen molar-refractivity contribution in [1.29, 1.82) is 0 Å².